The SMILES string of the molecule is CCCCOCCOCCN(C)C(=O)OCC1c2ccccc2-c2ccccc21. The number of carbonyl (C=O) groups excluding carboxylic acids is 1. The second-order valence-corrected chi connectivity index (χ2v) is 7.30. The van der Waals surface area contributed by atoms with Crippen LogP contribution in [0.25, 0.3) is 11.1 Å². The summed E-state index contributed by atoms with van der Waals surface area (Å²) in [5, 5.41) is 0. The molecular formula is C24H31NO4. The van der Waals surface area contributed by atoms with Crippen molar-refractivity contribution >= 4 is 6.09 Å². The third-order valence-corrected chi connectivity index (χ3v) is 5.23. The molecule has 1 aliphatic rings. The lowest BCUT2D eigenvalue weighted by Crippen LogP contribution is -2.32. The number of fused-ring (bicyclic) bond motifs is 3. The van der Waals surface area contributed by atoms with Gasteiger partial charge in [0.1, 0.15) is 6.61 Å². The highest BCUT2D eigenvalue weighted by Crippen LogP contribution is 2.44. The Bertz CT molecular complexity index is 746. The third kappa shape index (κ3) is 5.58. The second kappa shape index (κ2) is 11.0. The number of hydrogen-bond donors (Lipinski definition) is 0. The predicted molar refractivity (Wildman–Crippen MR) is 114 cm³/mol. The lowest BCUT2D eigenvalue weighted by atomic mass is 9.98. The van der Waals surface area contributed by atoms with Crippen molar-refractivity contribution in [3.05, 3.63) is 59.7 Å². The van der Waals surface area contributed by atoms with Crippen LogP contribution in [0.5, 0.6) is 0 Å². The Morgan fingerprint density at radius 1 is 0.897 bits per heavy atom. The van der Waals surface area contributed by atoms with Gasteiger partial charge in [0.15, 0.2) is 0 Å². The van der Waals surface area contributed by atoms with Crippen molar-refractivity contribution in [3.8, 4) is 11.1 Å². The van der Waals surface area contributed by atoms with Crippen molar-refractivity contribution in [1.82, 2.24) is 4.90 Å². The minimum atomic E-state index is -0.324. The van der Waals surface area contributed by atoms with Gasteiger partial charge in [-0.05, 0) is 28.7 Å². The molecule has 0 heterocycles. The summed E-state index contributed by atoms with van der Waals surface area (Å²) in [6.45, 7) is 5.35. The maximum atomic E-state index is 12.4. The Morgan fingerprint density at radius 2 is 1.48 bits per heavy atom. The minimum absolute atomic E-state index is 0.0799. The van der Waals surface area contributed by atoms with Crippen molar-refractivity contribution in [2.75, 3.05) is 46.6 Å². The first-order valence-corrected chi connectivity index (χ1v) is 10.4. The molecule has 156 valence electrons. The van der Waals surface area contributed by atoms with Gasteiger partial charge in [-0.25, -0.2) is 4.79 Å². The van der Waals surface area contributed by atoms with E-state index in [4.69, 9.17) is 14.2 Å². The number of rotatable bonds is 11. The molecule has 0 atom stereocenters. The highest BCUT2D eigenvalue weighted by atomic mass is 16.6. The van der Waals surface area contributed by atoms with E-state index in [1.54, 1.807) is 11.9 Å². The molecule has 5 heteroatoms. The first kappa shape index (κ1) is 21.3. The van der Waals surface area contributed by atoms with Gasteiger partial charge in [-0.2, -0.15) is 0 Å². The standard InChI is InChI=1S/C24H31NO4/c1-3-4-14-27-16-17-28-15-13-25(2)24(26)29-18-23-21-11-7-5-9-19(21)20-10-6-8-12-22(20)23/h5-12,23H,3-4,13-18H2,1-2H3. The molecule has 2 aromatic carbocycles. The molecule has 0 saturated carbocycles. The number of ether oxygens (including phenoxy) is 3. The summed E-state index contributed by atoms with van der Waals surface area (Å²) in [7, 11) is 1.74. The molecule has 0 spiro atoms. The topological polar surface area (TPSA) is 48.0 Å². The summed E-state index contributed by atoms with van der Waals surface area (Å²) in [5.74, 6) is 0.0799. The normalized spacial score (nSPS) is 12.5. The summed E-state index contributed by atoms with van der Waals surface area (Å²) < 4.78 is 16.6. The van der Waals surface area contributed by atoms with Gasteiger partial charge in [-0.3, -0.25) is 0 Å². The molecular weight excluding hydrogens is 366 g/mol. The van der Waals surface area contributed by atoms with Gasteiger partial charge in [0.05, 0.1) is 19.8 Å². The van der Waals surface area contributed by atoms with E-state index in [2.05, 4.69) is 31.2 Å². The first-order valence-electron chi connectivity index (χ1n) is 10.4. The van der Waals surface area contributed by atoms with Gasteiger partial charge in [0.25, 0.3) is 0 Å². The van der Waals surface area contributed by atoms with Crippen molar-refractivity contribution in [2.24, 2.45) is 0 Å². The van der Waals surface area contributed by atoms with Crippen molar-refractivity contribution in [3.63, 3.8) is 0 Å². The van der Waals surface area contributed by atoms with Crippen LogP contribution in [0.1, 0.15) is 36.8 Å². The van der Waals surface area contributed by atoms with Crippen LogP contribution in [-0.4, -0.2) is 57.6 Å². The maximum absolute atomic E-state index is 12.4. The number of likely N-dealkylation sites (N-methyl/N-ethyl adjacent to an activating group) is 1. The van der Waals surface area contributed by atoms with Gasteiger partial charge in [-0.1, -0.05) is 61.9 Å². The van der Waals surface area contributed by atoms with Gasteiger partial charge in [0, 0.05) is 26.1 Å². The summed E-state index contributed by atoms with van der Waals surface area (Å²) in [4.78, 5) is 13.9. The Balaban J connectivity index is 1.42. The molecule has 0 saturated heterocycles. The second-order valence-electron chi connectivity index (χ2n) is 7.30. The first-order chi connectivity index (χ1) is 14.2. The van der Waals surface area contributed by atoms with Crippen LogP contribution >= 0.6 is 0 Å². The summed E-state index contributed by atoms with van der Waals surface area (Å²) >= 11 is 0. The largest absolute Gasteiger partial charge is 0.448 e. The van der Waals surface area contributed by atoms with Crippen molar-refractivity contribution < 1.29 is 19.0 Å². The van der Waals surface area contributed by atoms with E-state index in [1.807, 2.05) is 24.3 Å². The van der Waals surface area contributed by atoms with Crippen molar-refractivity contribution in [1.29, 1.82) is 0 Å². The molecule has 29 heavy (non-hydrogen) atoms. The Morgan fingerprint density at radius 3 is 2.10 bits per heavy atom. The van der Waals surface area contributed by atoms with Gasteiger partial charge in [0.2, 0.25) is 0 Å². The molecule has 0 aromatic heterocycles. The zero-order valence-electron chi connectivity index (χ0n) is 17.4. The molecule has 1 amide bonds. The van der Waals surface area contributed by atoms with Crippen LogP contribution in [0.2, 0.25) is 0 Å². The molecule has 5 nitrogen and oxygen atoms in total. The van der Waals surface area contributed by atoms with E-state index in [0.29, 0.717) is 33.0 Å². The predicted octanol–water partition coefficient (Wildman–Crippen LogP) is 4.70. The summed E-state index contributed by atoms with van der Waals surface area (Å²) in [6.07, 6.45) is 1.88. The summed E-state index contributed by atoms with van der Waals surface area (Å²) in [5.41, 5.74) is 4.89. The number of benzene rings is 2. The fraction of sp³-hybridized carbons (Fsp3) is 0.458. The fourth-order valence-electron chi connectivity index (χ4n) is 3.57. The third-order valence-electron chi connectivity index (χ3n) is 5.23. The van der Waals surface area contributed by atoms with Gasteiger partial charge < -0.3 is 19.1 Å². The van der Waals surface area contributed by atoms with E-state index in [0.717, 1.165) is 19.4 Å². The van der Waals surface area contributed by atoms with Crippen LogP contribution in [-0.2, 0) is 14.2 Å². The molecule has 0 bridgehead atoms. The van der Waals surface area contributed by atoms with Gasteiger partial charge in [-0.15, -0.1) is 0 Å². The van der Waals surface area contributed by atoms with E-state index in [-0.39, 0.29) is 12.0 Å². The van der Waals surface area contributed by atoms with Gasteiger partial charge >= 0.3 is 6.09 Å². The minimum Gasteiger partial charge on any atom is -0.448 e. The Hall–Kier alpha value is -2.37. The zero-order valence-corrected chi connectivity index (χ0v) is 17.4. The number of unbranched alkanes of at least 4 members (excludes halogenated alkanes) is 1. The number of nitrogens with zero attached hydrogens (tertiary/aromatic N) is 1. The van der Waals surface area contributed by atoms with Crippen LogP contribution < -0.4 is 0 Å². The molecule has 0 aliphatic heterocycles. The maximum Gasteiger partial charge on any atom is 0.409 e. The molecule has 0 N–H and O–H groups in total. The van der Waals surface area contributed by atoms with Crippen LogP contribution in [0.15, 0.2) is 48.5 Å². The highest BCUT2D eigenvalue weighted by molar-refractivity contribution is 5.79. The smallest absolute Gasteiger partial charge is 0.409 e. The molecule has 1 aliphatic carbocycles. The molecule has 2 aromatic rings. The van der Waals surface area contributed by atoms with Crippen LogP contribution in [0.4, 0.5) is 4.79 Å². The fourth-order valence-corrected chi connectivity index (χ4v) is 3.57. The van der Waals surface area contributed by atoms with Crippen molar-refractivity contribution in [2.45, 2.75) is 25.7 Å². The lowest BCUT2D eigenvalue weighted by Gasteiger charge is -2.19. The average molecular weight is 398 g/mol. The van der Waals surface area contributed by atoms with E-state index in [1.165, 1.54) is 22.3 Å². The number of hydrogen-bond acceptors (Lipinski definition) is 4. The number of amides is 1. The quantitative estimate of drug-likeness (QED) is 0.516. The molecule has 3 rings (SSSR count). The Kier molecular flexibility index (Phi) is 8.08. The van der Waals surface area contributed by atoms with E-state index >= 15 is 0 Å². The molecule has 0 fully saturated rings. The van der Waals surface area contributed by atoms with E-state index < -0.39 is 0 Å². The van der Waals surface area contributed by atoms with E-state index in [9.17, 15) is 4.79 Å². The molecule has 0 unspecified atom stereocenters. The lowest BCUT2D eigenvalue weighted by molar-refractivity contribution is 0.0374. The monoisotopic (exact) mass is 397 g/mol. The van der Waals surface area contributed by atoms with Crippen LogP contribution in [0.3, 0.4) is 0 Å². The summed E-state index contributed by atoms with van der Waals surface area (Å²) in [6, 6.07) is 16.7. The highest BCUT2D eigenvalue weighted by Gasteiger charge is 2.29. The molecule has 0 radical (unpaired) electrons. The number of carbonyl (C=O) groups is 1. The van der Waals surface area contributed by atoms with Crippen LogP contribution in [0, 0.1) is 0 Å². The Labute approximate surface area is 173 Å². The average Bonchev–Trinajstić information content (AvgIpc) is 3.07. The zero-order chi connectivity index (χ0) is 20.5.